The predicted octanol–water partition coefficient (Wildman–Crippen LogP) is 0.964. The topological polar surface area (TPSA) is 30.9 Å². The average Bonchev–Trinajstić information content (AvgIpc) is 2.27. The van der Waals surface area contributed by atoms with Gasteiger partial charge in [-0.1, -0.05) is 0 Å². The molecule has 1 fully saturated rings. The van der Waals surface area contributed by atoms with Gasteiger partial charge in [-0.2, -0.15) is 0 Å². The summed E-state index contributed by atoms with van der Waals surface area (Å²) in [5.74, 6) is 0.762. The molecule has 0 bridgehead atoms. The summed E-state index contributed by atoms with van der Waals surface area (Å²) < 4.78 is 15.7. The summed E-state index contributed by atoms with van der Waals surface area (Å²) in [6, 6.07) is 0. The van der Waals surface area contributed by atoms with Gasteiger partial charge in [0, 0.05) is 40.5 Å². The van der Waals surface area contributed by atoms with Gasteiger partial charge in [0.2, 0.25) is 0 Å². The SMILES string of the molecule is COC(CN(C)CC1CCOCC1)OC. The molecule has 0 aliphatic carbocycles. The van der Waals surface area contributed by atoms with E-state index in [1.165, 1.54) is 12.8 Å². The van der Waals surface area contributed by atoms with E-state index >= 15 is 0 Å². The van der Waals surface area contributed by atoms with Gasteiger partial charge < -0.3 is 19.1 Å². The Morgan fingerprint density at radius 1 is 1.27 bits per heavy atom. The largest absolute Gasteiger partial charge is 0.381 e. The molecule has 0 unspecified atom stereocenters. The Morgan fingerprint density at radius 3 is 2.40 bits per heavy atom. The number of ether oxygens (including phenoxy) is 3. The fourth-order valence-corrected chi connectivity index (χ4v) is 1.94. The van der Waals surface area contributed by atoms with Crippen LogP contribution in [0.25, 0.3) is 0 Å². The molecule has 0 aromatic heterocycles. The number of hydrogen-bond acceptors (Lipinski definition) is 4. The molecule has 0 amide bonds. The molecule has 15 heavy (non-hydrogen) atoms. The molecule has 90 valence electrons. The van der Waals surface area contributed by atoms with Crippen molar-refractivity contribution >= 4 is 0 Å². The first-order valence-electron chi connectivity index (χ1n) is 5.58. The highest BCUT2D eigenvalue weighted by molar-refractivity contribution is 4.67. The molecule has 1 saturated heterocycles. The maximum Gasteiger partial charge on any atom is 0.169 e. The fraction of sp³-hybridized carbons (Fsp3) is 1.00. The smallest absolute Gasteiger partial charge is 0.169 e. The zero-order valence-electron chi connectivity index (χ0n) is 10.1. The van der Waals surface area contributed by atoms with E-state index in [1.807, 2.05) is 0 Å². The average molecular weight is 217 g/mol. The number of hydrogen-bond donors (Lipinski definition) is 0. The summed E-state index contributed by atoms with van der Waals surface area (Å²) >= 11 is 0. The van der Waals surface area contributed by atoms with Crippen LogP contribution in [0.3, 0.4) is 0 Å². The molecule has 0 atom stereocenters. The molecule has 0 aromatic rings. The second-order valence-electron chi connectivity index (χ2n) is 4.18. The first-order chi connectivity index (χ1) is 7.26. The minimum Gasteiger partial charge on any atom is -0.381 e. The molecule has 0 spiro atoms. The number of likely N-dealkylation sites (N-methyl/N-ethyl adjacent to an activating group) is 1. The molecular formula is C11H23NO3. The minimum absolute atomic E-state index is 0.116. The summed E-state index contributed by atoms with van der Waals surface area (Å²) in [4.78, 5) is 2.27. The van der Waals surface area contributed by atoms with Crippen LogP contribution < -0.4 is 0 Å². The Morgan fingerprint density at radius 2 is 1.87 bits per heavy atom. The Kier molecular flexibility index (Phi) is 6.17. The second-order valence-corrected chi connectivity index (χ2v) is 4.18. The lowest BCUT2D eigenvalue weighted by molar-refractivity contribution is -0.115. The van der Waals surface area contributed by atoms with Crippen molar-refractivity contribution in [2.24, 2.45) is 5.92 Å². The first-order valence-corrected chi connectivity index (χ1v) is 5.58. The van der Waals surface area contributed by atoms with Gasteiger partial charge in [0.1, 0.15) is 0 Å². The number of rotatable bonds is 6. The van der Waals surface area contributed by atoms with Gasteiger partial charge in [-0.15, -0.1) is 0 Å². The van der Waals surface area contributed by atoms with E-state index in [-0.39, 0.29) is 6.29 Å². The zero-order chi connectivity index (χ0) is 11.1. The molecule has 0 N–H and O–H groups in total. The lowest BCUT2D eigenvalue weighted by Gasteiger charge is -2.28. The van der Waals surface area contributed by atoms with Crippen LogP contribution in [-0.4, -0.2) is 58.8 Å². The lowest BCUT2D eigenvalue weighted by atomic mass is 10.00. The number of nitrogens with zero attached hydrogens (tertiary/aromatic N) is 1. The van der Waals surface area contributed by atoms with Crippen LogP contribution in [-0.2, 0) is 14.2 Å². The molecule has 1 aliphatic rings. The van der Waals surface area contributed by atoms with Crippen molar-refractivity contribution in [3.63, 3.8) is 0 Å². The summed E-state index contributed by atoms with van der Waals surface area (Å²) in [6.45, 7) is 3.75. The van der Waals surface area contributed by atoms with Crippen molar-refractivity contribution in [2.45, 2.75) is 19.1 Å². The molecule has 1 aliphatic heterocycles. The molecule has 0 saturated carbocycles. The van der Waals surface area contributed by atoms with Gasteiger partial charge >= 0.3 is 0 Å². The molecule has 4 nitrogen and oxygen atoms in total. The summed E-state index contributed by atoms with van der Waals surface area (Å²) in [5, 5.41) is 0. The van der Waals surface area contributed by atoms with Crippen molar-refractivity contribution in [1.29, 1.82) is 0 Å². The third-order valence-electron chi connectivity index (χ3n) is 2.90. The maximum atomic E-state index is 5.34. The van der Waals surface area contributed by atoms with Crippen molar-refractivity contribution in [2.75, 3.05) is 47.6 Å². The van der Waals surface area contributed by atoms with Gasteiger partial charge in [0.15, 0.2) is 6.29 Å². The van der Waals surface area contributed by atoms with Gasteiger partial charge in [0.25, 0.3) is 0 Å². The van der Waals surface area contributed by atoms with Crippen LogP contribution in [0.1, 0.15) is 12.8 Å². The monoisotopic (exact) mass is 217 g/mol. The van der Waals surface area contributed by atoms with E-state index in [0.717, 1.165) is 32.2 Å². The van der Waals surface area contributed by atoms with Gasteiger partial charge in [0.05, 0.1) is 0 Å². The highest BCUT2D eigenvalue weighted by atomic mass is 16.7. The lowest BCUT2D eigenvalue weighted by Crippen LogP contribution is -2.36. The Balaban J connectivity index is 2.18. The third-order valence-corrected chi connectivity index (χ3v) is 2.90. The molecule has 1 heterocycles. The molecule has 1 rings (SSSR count). The minimum atomic E-state index is -0.116. The van der Waals surface area contributed by atoms with E-state index in [2.05, 4.69) is 11.9 Å². The van der Waals surface area contributed by atoms with E-state index in [0.29, 0.717) is 0 Å². The van der Waals surface area contributed by atoms with Crippen LogP contribution in [0.15, 0.2) is 0 Å². The standard InChI is InChI=1S/C11H23NO3/c1-12(9-11(13-2)14-3)8-10-4-6-15-7-5-10/h10-11H,4-9H2,1-3H3. The molecule has 0 radical (unpaired) electrons. The van der Waals surface area contributed by atoms with Crippen LogP contribution in [0, 0.1) is 5.92 Å². The molecule has 4 heteroatoms. The van der Waals surface area contributed by atoms with Crippen molar-refractivity contribution < 1.29 is 14.2 Å². The summed E-state index contributed by atoms with van der Waals surface area (Å²) in [7, 11) is 5.47. The van der Waals surface area contributed by atoms with E-state index < -0.39 is 0 Å². The van der Waals surface area contributed by atoms with Gasteiger partial charge in [-0.05, 0) is 25.8 Å². The zero-order valence-corrected chi connectivity index (χ0v) is 10.1. The van der Waals surface area contributed by atoms with Crippen LogP contribution >= 0.6 is 0 Å². The number of methoxy groups -OCH3 is 2. The summed E-state index contributed by atoms with van der Waals surface area (Å²) in [6.07, 6.45) is 2.24. The maximum absolute atomic E-state index is 5.34. The molecule has 0 aromatic carbocycles. The Bertz CT molecular complexity index is 156. The van der Waals surface area contributed by atoms with Crippen LogP contribution in [0.5, 0.6) is 0 Å². The fourth-order valence-electron chi connectivity index (χ4n) is 1.94. The Hall–Kier alpha value is -0.160. The van der Waals surface area contributed by atoms with Crippen molar-refractivity contribution in [3.05, 3.63) is 0 Å². The van der Waals surface area contributed by atoms with Crippen LogP contribution in [0.4, 0.5) is 0 Å². The van der Waals surface area contributed by atoms with E-state index in [1.54, 1.807) is 14.2 Å². The van der Waals surface area contributed by atoms with E-state index in [4.69, 9.17) is 14.2 Å². The normalized spacial score (nSPS) is 19.0. The second kappa shape index (κ2) is 7.17. The quantitative estimate of drug-likeness (QED) is 0.620. The molecular weight excluding hydrogens is 194 g/mol. The highest BCUT2D eigenvalue weighted by Crippen LogP contribution is 2.15. The summed E-state index contributed by atoms with van der Waals surface area (Å²) in [5.41, 5.74) is 0. The first kappa shape index (κ1) is 12.9. The van der Waals surface area contributed by atoms with Gasteiger partial charge in [-0.3, -0.25) is 0 Å². The van der Waals surface area contributed by atoms with E-state index in [9.17, 15) is 0 Å². The van der Waals surface area contributed by atoms with Crippen LogP contribution in [0.2, 0.25) is 0 Å². The van der Waals surface area contributed by atoms with Crippen molar-refractivity contribution in [3.8, 4) is 0 Å². The van der Waals surface area contributed by atoms with Gasteiger partial charge in [-0.25, -0.2) is 0 Å². The van der Waals surface area contributed by atoms with Crippen molar-refractivity contribution in [1.82, 2.24) is 4.90 Å². The highest BCUT2D eigenvalue weighted by Gasteiger charge is 2.17. The predicted molar refractivity (Wildman–Crippen MR) is 58.8 cm³/mol. The Labute approximate surface area is 92.5 Å². The third kappa shape index (κ3) is 4.93.